The number of hydrogen-bond donors (Lipinski definition) is 1. The quantitative estimate of drug-likeness (QED) is 0.765. The Morgan fingerprint density at radius 2 is 2.07 bits per heavy atom. The van der Waals surface area contributed by atoms with Crippen LogP contribution in [0.25, 0.3) is 0 Å². The minimum absolute atomic E-state index is 0.00279. The van der Waals surface area contributed by atoms with Crippen LogP contribution in [-0.4, -0.2) is 25.3 Å². The molecular weight excluding hydrogens is 218 g/mol. The Kier molecular flexibility index (Phi) is 4.63. The van der Waals surface area contributed by atoms with Gasteiger partial charge in [-0.2, -0.15) is 0 Å². The molecule has 0 spiro atoms. The molecule has 0 aromatic heterocycles. The zero-order valence-electron chi connectivity index (χ0n) is 7.90. The number of halogens is 1. The lowest BCUT2D eigenvalue weighted by atomic mass is 10.3. The van der Waals surface area contributed by atoms with Crippen LogP contribution in [0.5, 0.6) is 5.75 Å². The fourth-order valence-corrected chi connectivity index (χ4v) is 1.01. The van der Waals surface area contributed by atoms with Gasteiger partial charge >= 0.3 is 0 Å². The van der Waals surface area contributed by atoms with Crippen LogP contribution in [0.4, 0.5) is 0 Å². The Morgan fingerprint density at radius 3 is 2.67 bits per heavy atom. The normalized spacial score (nSPS) is 9.40. The number of benzene rings is 1. The van der Waals surface area contributed by atoms with Crippen LogP contribution in [0.3, 0.4) is 0 Å². The lowest BCUT2D eigenvalue weighted by Gasteiger charge is -2.05. The molecule has 80 valence electrons. The van der Waals surface area contributed by atoms with E-state index in [0.717, 1.165) is 0 Å². The van der Waals surface area contributed by atoms with Gasteiger partial charge in [0.15, 0.2) is 6.61 Å². The topological polar surface area (TPSA) is 55.4 Å². The maximum Gasteiger partial charge on any atom is 0.258 e. The van der Waals surface area contributed by atoms with Crippen molar-refractivity contribution < 1.29 is 14.3 Å². The number of nitrogens with one attached hydrogen (secondary N) is 1. The van der Waals surface area contributed by atoms with Crippen LogP contribution in [0, 0.1) is 0 Å². The molecule has 1 aromatic rings. The number of aldehydes is 1. The third kappa shape index (κ3) is 4.46. The number of hydrogen-bond acceptors (Lipinski definition) is 3. The molecule has 0 atom stereocenters. The molecular formula is C10H10ClNO3. The van der Waals surface area contributed by atoms with Gasteiger partial charge in [0, 0.05) is 5.02 Å². The van der Waals surface area contributed by atoms with Gasteiger partial charge < -0.3 is 14.8 Å². The Morgan fingerprint density at radius 1 is 1.40 bits per heavy atom. The van der Waals surface area contributed by atoms with E-state index < -0.39 is 0 Å². The molecule has 0 radical (unpaired) electrons. The summed E-state index contributed by atoms with van der Waals surface area (Å²) in [6.45, 7) is -0.113. The molecule has 5 heteroatoms. The maximum absolute atomic E-state index is 11.0. The van der Waals surface area contributed by atoms with Crippen molar-refractivity contribution in [3.05, 3.63) is 29.3 Å². The minimum Gasteiger partial charge on any atom is -0.484 e. The lowest BCUT2D eigenvalue weighted by molar-refractivity contribution is -0.124. The summed E-state index contributed by atoms with van der Waals surface area (Å²) in [6.07, 6.45) is 0.611. The predicted octanol–water partition coefficient (Wildman–Crippen LogP) is 1.03. The van der Waals surface area contributed by atoms with Crippen molar-refractivity contribution in [1.29, 1.82) is 0 Å². The van der Waals surface area contributed by atoms with E-state index in [2.05, 4.69) is 5.32 Å². The first-order valence-corrected chi connectivity index (χ1v) is 4.69. The first-order valence-electron chi connectivity index (χ1n) is 4.31. The number of ether oxygens (including phenoxy) is 1. The van der Waals surface area contributed by atoms with Crippen molar-refractivity contribution >= 4 is 23.8 Å². The second kappa shape index (κ2) is 6.03. The lowest BCUT2D eigenvalue weighted by Crippen LogP contribution is -2.30. The van der Waals surface area contributed by atoms with Gasteiger partial charge in [-0.1, -0.05) is 11.6 Å². The SMILES string of the molecule is O=CCNC(=O)COc1ccc(Cl)cc1. The van der Waals surface area contributed by atoms with Gasteiger partial charge in [-0.3, -0.25) is 4.79 Å². The van der Waals surface area contributed by atoms with Crippen LogP contribution in [-0.2, 0) is 9.59 Å². The summed E-state index contributed by atoms with van der Waals surface area (Å²) in [5.41, 5.74) is 0. The Hall–Kier alpha value is -1.55. The highest BCUT2D eigenvalue weighted by Gasteiger charge is 2.01. The van der Waals surface area contributed by atoms with Crippen LogP contribution in [0.2, 0.25) is 5.02 Å². The molecule has 1 N–H and O–H groups in total. The van der Waals surface area contributed by atoms with E-state index in [9.17, 15) is 9.59 Å². The van der Waals surface area contributed by atoms with E-state index in [-0.39, 0.29) is 19.1 Å². The van der Waals surface area contributed by atoms with Crippen molar-refractivity contribution in [2.45, 2.75) is 0 Å². The molecule has 0 aliphatic rings. The molecule has 15 heavy (non-hydrogen) atoms. The number of carbonyl (C=O) groups is 2. The van der Waals surface area contributed by atoms with Crippen LogP contribution in [0.1, 0.15) is 0 Å². The molecule has 0 unspecified atom stereocenters. The molecule has 0 saturated carbocycles. The molecule has 0 fully saturated rings. The van der Waals surface area contributed by atoms with Crippen molar-refractivity contribution in [3.8, 4) is 5.75 Å². The summed E-state index contributed by atoms with van der Waals surface area (Å²) < 4.78 is 5.13. The molecule has 4 nitrogen and oxygen atoms in total. The van der Waals surface area contributed by atoms with Gasteiger partial charge in [0.2, 0.25) is 0 Å². The molecule has 1 aromatic carbocycles. The van der Waals surface area contributed by atoms with E-state index in [4.69, 9.17) is 16.3 Å². The van der Waals surface area contributed by atoms with E-state index in [1.165, 1.54) is 0 Å². The maximum atomic E-state index is 11.0. The Balaban J connectivity index is 2.33. The first-order chi connectivity index (χ1) is 7.22. The summed E-state index contributed by atoms with van der Waals surface area (Å²) >= 11 is 5.67. The highest BCUT2D eigenvalue weighted by atomic mass is 35.5. The summed E-state index contributed by atoms with van der Waals surface area (Å²) in [5.74, 6) is 0.220. The minimum atomic E-state index is -0.336. The molecule has 0 aliphatic heterocycles. The summed E-state index contributed by atoms with van der Waals surface area (Å²) in [5, 5.41) is 2.96. The number of carbonyl (C=O) groups excluding carboxylic acids is 2. The van der Waals surface area contributed by atoms with Crippen molar-refractivity contribution in [2.75, 3.05) is 13.2 Å². The van der Waals surface area contributed by atoms with Crippen molar-refractivity contribution in [2.24, 2.45) is 0 Å². The zero-order chi connectivity index (χ0) is 11.1. The predicted molar refractivity (Wildman–Crippen MR) is 56.0 cm³/mol. The zero-order valence-corrected chi connectivity index (χ0v) is 8.66. The average Bonchev–Trinajstić information content (AvgIpc) is 2.25. The highest BCUT2D eigenvalue weighted by Crippen LogP contribution is 2.15. The molecule has 0 aliphatic carbocycles. The van der Waals surface area contributed by atoms with Gasteiger partial charge in [0.05, 0.1) is 6.54 Å². The Labute approximate surface area is 92.2 Å². The third-order valence-corrected chi connectivity index (χ3v) is 1.82. The number of amides is 1. The average molecular weight is 228 g/mol. The van der Waals surface area contributed by atoms with Crippen LogP contribution < -0.4 is 10.1 Å². The molecule has 0 bridgehead atoms. The van der Waals surface area contributed by atoms with E-state index in [1.807, 2.05) is 0 Å². The van der Waals surface area contributed by atoms with Gasteiger partial charge in [0.1, 0.15) is 12.0 Å². The van der Waals surface area contributed by atoms with Crippen molar-refractivity contribution in [1.82, 2.24) is 5.32 Å². The molecule has 1 amide bonds. The second-order valence-electron chi connectivity index (χ2n) is 2.71. The largest absolute Gasteiger partial charge is 0.484 e. The summed E-state index contributed by atoms with van der Waals surface area (Å²) in [6, 6.07) is 6.66. The smallest absolute Gasteiger partial charge is 0.258 e. The van der Waals surface area contributed by atoms with Crippen LogP contribution >= 0.6 is 11.6 Å². The monoisotopic (exact) mass is 227 g/mol. The fourth-order valence-electron chi connectivity index (χ4n) is 0.886. The standard InChI is InChI=1S/C10H10ClNO3/c11-8-1-3-9(4-2-8)15-7-10(14)12-5-6-13/h1-4,6H,5,7H2,(H,12,14). The van der Waals surface area contributed by atoms with E-state index in [1.54, 1.807) is 24.3 Å². The van der Waals surface area contributed by atoms with Gasteiger partial charge in [-0.05, 0) is 24.3 Å². The van der Waals surface area contributed by atoms with Crippen molar-refractivity contribution in [3.63, 3.8) is 0 Å². The van der Waals surface area contributed by atoms with Crippen LogP contribution in [0.15, 0.2) is 24.3 Å². The van der Waals surface area contributed by atoms with Gasteiger partial charge in [-0.15, -0.1) is 0 Å². The summed E-state index contributed by atoms with van der Waals surface area (Å²) in [7, 11) is 0. The molecule has 0 heterocycles. The van der Waals surface area contributed by atoms with Gasteiger partial charge in [-0.25, -0.2) is 0 Å². The molecule has 1 rings (SSSR count). The van der Waals surface area contributed by atoms with E-state index >= 15 is 0 Å². The number of rotatable bonds is 5. The first kappa shape index (κ1) is 11.5. The fraction of sp³-hybridized carbons (Fsp3) is 0.200. The third-order valence-electron chi connectivity index (χ3n) is 1.57. The highest BCUT2D eigenvalue weighted by molar-refractivity contribution is 6.30. The van der Waals surface area contributed by atoms with Gasteiger partial charge in [0.25, 0.3) is 5.91 Å². The Bertz CT molecular complexity index is 337. The van der Waals surface area contributed by atoms with E-state index in [0.29, 0.717) is 17.1 Å². The second-order valence-corrected chi connectivity index (χ2v) is 3.15. The summed E-state index contributed by atoms with van der Waals surface area (Å²) in [4.78, 5) is 21.0. The molecule has 0 saturated heterocycles.